The molecule has 8 nitrogen and oxygen atoms in total. The summed E-state index contributed by atoms with van der Waals surface area (Å²) in [6.07, 6.45) is 4.23. The van der Waals surface area contributed by atoms with Crippen LogP contribution in [0.15, 0.2) is 41.2 Å². The number of aromatic amines is 1. The van der Waals surface area contributed by atoms with Gasteiger partial charge < -0.3 is 9.80 Å². The van der Waals surface area contributed by atoms with Gasteiger partial charge in [-0.15, -0.1) is 0 Å². The minimum atomic E-state index is -0.159. The number of amides is 2. The fourth-order valence-corrected chi connectivity index (χ4v) is 5.03. The summed E-state index contributed by atoms with van der Waals surface area (Å²) in [6.45, 7) is 3.43. The Morgan fingerprint density at radius 2 is 1.94 bits per heavy atom. The third kappa shape index (κ3) is 4.05. The van der Waals surface area contributed by atoms with Gasteiger partial charge >= 0.3 is 0 Å². The molecule has 4 heterocycles. The molecule has 172 valence electrons. The molecular weight excluding hydrogens is 418 g/mol. The minimum absolute atomic E-state index is 0.0482. The molecule has 1 atom stereocenters. The van der Waals surface area contributed by atoms with E-state index in [0.717, 1.165) is 36.2 Å². The van der Waals surface area contributed by atoms with E-state index in [0.29, 0.717) is 50.1 Å². The number of piperidine rings is 1. The largest absolute Gasteiger partial charge is 0.338 e. The third-order valence-electron chi connectivity index (χ3n) is 6.82. The Morgan fingerprint density at radius 3 is 2.73 bits per heavy atom. The number of hydrogen-bond donors (Lipinski definition) is 1. The fraction of sp³-hybridized carbons (Fsp3) is 0.440. The number of hydrogen-bond acceptors (Lipinski definition) is 4. The Balaban J connectivity index is 1.45. The molecule has 1 fully saturated rings. The van der Waals surface area contributed by atoms with Crippen LogP contribution in [0.2, 0.25) is 0 Å². The predicted octanol–water partition coefficient (Wildman–Crippen LogP) is 2.61. The van der Waals surface area contributed by atoms with Gasteiger partial charge in [0, 0.05) is 32.0 Å². The average Bonchev–Trinajstić information content (AvgIpc) is 3.28. The summed E-state index contributed by atoms with van der Waals surface area (Å²) >= 11 is 0. The maximum Gasteiger partial charge on any atom is 0.277 e. The maximum atomic E-state index is 13.3. The van der Waals surface area contributed by atoms with Crippen molar-refractivity contribution in [3.05, 3.63) is 69.3 Å². The number of likely N-dealkylation sites (tertiary alicyclic amines) is 1. The number of benzene rings is 1. The molecule has 0 aliphatic carbocycles. The van der Waals surface area contributed by atoms with Gasteiger partial charge in [0.25, 0.3) is 5.56 Å². The zero-order valence-electron chi connectivity index (χ0n) is 18.9. The van der Waals surface area contributed by atoms with Crippen molar-refractivity contribution in [1.29, 1.82) is 0 Å². The van der Waals surface area contributed by atoms with E-state index in [9.17, 15) is 14.4 Å². The van der Waals surface area contributed by atoms with Gasteiger partial charge in [0.2, 0.25) is 11.8 Å². The summed E-state index contributed by atoms with van der Waals surface area (Å²) in [4.78, 5) is 47.0. The average molecular weight is 448 g/mol. The summed E-state index contributed by atoms with van der Waals surface area (Å²) < 4.78 is 1.47. The molecule has 3 aromatic rings. The van der Waals surface area contributed by atoms with Gasteiger partial charge in [-0.25, -0.2) is 9.50 Å². The molecule has 1 N–H and O–H groups in total. The van der Waals surface area contributed by atoms with E-state index in [1.54, 1.807) is 4.90 Å². The van der Waals surface area contributed by atoms with E-state index in [1.165, 1.54) is 4.52 Å². The van der Waals surface area contributed by atoms with Crippen LogP contribution in [0.3, 0.4) is 0 Å². The normalized spacial score (nSPS) is 18.4. The zero-order valence-corrected chi connectivity index (χ0v) is 18.9. The Labute approximate surface area is 192 Å². The van der Waals surface area contributed by atoms with E-state index >= 15 is 0 Å². The van der Waals surface area contributed by atoms with Crippen LogP contribution >= 0.6 is 0 Å². The lowest BCUT2D eigenvalue weighted by molar-refractivity contribution is -0.134. The molecule has 33 heavy (non-hydrogen) atoms. The van der Waals surface area contributed by atoms with Gasteiger partial charge in [0.05, 0.1) is 36.0 Å². The first kappa shape index (κ1) is 21.4. The first-order valence-electron chi connectivity index (χ1n) is 11.8. The molecule has 0 spiro atoms. The Kier molecular flexibility index (Phi) is 5.74. The first-order chi connectivity index (χ1) is 16.0. The molecule has 0 unspecified atom stereocenters. The van der Waals surface area contributed by atoms with E-state index in [4.69, 9.17) is 4.98 Å². The SMILES string of the molecule is CCC(=O)N1CCc2nc3cc([C@H]4CCCCN4C(=O)Cc4ccccc4)[nH]n3c(=O)c2C1. The summed E-state index contributed by atoms with van der Waals surface area (Å²) in [7, 11) is 0. The van der Waals surface area contributed by atoms with Crippen molar-refractivity contribution in [3.8, 4) is 0 Å². The molecule has 1 aromatic carbocycles. The van der Waals surface area contributed by atoms with Crippen LogP contribution in [0, 0.1) is 0 Å². The number of nitrogens with zero attached hydrogens (tertiary/aromatic N) is 4. The molecule has 2 aromatic heterocycles. The molecule has 0 saturated carbocycles. The number of H-pyrrole nitrogens is 1. The first-order valence-corrected chi connectivity index (χ1v) is 11.8. The minimum Gasteiger partial charge on any atom is -0.338 e. The smallest absolute Gasteiger partial charge is 0.277 e. The monoisotopic (exact) mass is 447 g/mol. The fourth-order valence-electron chi connectivity index (χ4n) is 5.03. The summed E-state index contributed by atoms with van der Waals surface area (Å²) in [5.41, 5.74) is 3.60. The number of carbonyl (C=O) groups is 2. The van der Waals surface area contributed by atoms with Crippen molar-refractivity contribution < 1.29 is 9.59 Å². The second kappa shape index (κ2) is 8.84. The second-order valence-corrected chi connectivity index (χ2v) is 8.93. The van der Waals surface area contributed by atoms with Crippen LogP contribution in [0.1, 0.15) is 61.2 Å². The highest BCUT2D eigenvalue weighted by molar-refractivity contribution is 5.79. The molecule has 2 amide bonds. The van der Waals surface area contributed by atoms with E-state index < -0.39 is 0 Å². The molecule has 2 aliphatic heterocycles. The van der Waals surface area contributed by atoms with Crippen LogP contribution < -0.4 is 5.56 Å². The Bertz CT molecular complexity index is 1250. The lowest BCUT2D eigenvalue weighted by atomic mass is 9.98. The molecule has 8 heteroatoms. The van der Waals surface area contributed by atoms with Crippen LogP contribution in [-0.4, -0.2) is 49.3 Å². The van der Waals surface area contributed by atoms with Crippen LogP contribution in [0.25, 0.3) is 5.65 Å². The molecule has 0 bridgehead atoms. The third-order valence-corrected chi connectivity index (χ3v) is 6.82. The lowest BCUT2D eigenvalue weighted by Gasteiger charge is -2.35. The van der Waals surface area contributed by atoms with Gasteiger partial charge in [-0.1, -0.05) is 37.3 Å². The topological polar surface area (TPSA) is 90.8 Å². The quantitative estimate of drug-likeness (QED) is 0.666. The molecule has 2 aliphatic rings. The van der Waals surface area contributed by atoms with Crippen LogP contribution in [0.4, 0.5) is 0 Å². The van der Waals surface area contributed by atoms with Gasteiger partial charge in [-0.2, -0.15) is 0 Å². The van der Waals surface area contributed by atoms with Crippen molar-refractivity contribution >= 4 is 17.5 Å². The molecular formula is C25H29N5O3. The van der Waals surface area contributed by atoms with Crippen molar-refractivity contribution in [2.75, 3.05) is 13.1 Å². The summed E-state index contributed by atoms with van der Waals surface area (Å²) in [5, 5.41) is 3.23. The van der Waals surface area contributed by atoms with Crippen molar-refractivity contribution in [2.45, 2.75) is 58.0 Å². The van der Waals surface area contributed by atoms with Crippen molar-refractivity contribution in [3.63, 3.8) is 0 Å². The number of nitrogens with one attached hydrogen (secondary N) is 1. The number of fused-ring (bicyclic) bond motifs is 2. The zero-order chi connectivity index (χ0) is 22.9. The van der Waals surface area contributed by atoms with E-state index in [-0.39, 0.29) is 23.4 Å². The predicted molar refractivity (Wildman–Crippen MR) is 124 cm³/mol. The number of rotatable bonds is 4. The highest BCUT2D eigenvalue weighted by atomic mass is 16.2. The van der Waals surface area contributed by atoms with E-state index in [2.05, 4.69) is 5.10 Å². The van der Waals surface area contributed by atoms with Crippen molar-refractivity contribution in [1.82, 2.24) is 24.4 Å². The van der Waals surface area contributed by atoms with Gasteiger partial charge in [-0.05, 0) is 24.8 Å². The van der Waals surface area contributed by atoms with Gasteiger partial charge in [-0.3, -0.25) is 19.5 Å². The van der Waals surface area contributed by atoms with Gasteiger partial charge in [0.1, 0.15) is 0 Å². The van der Waals surface area contributed by atoms with E-state index in [1.807, 2.05) is 48.2 Å². The number of carbonyl (C=O) groups excluding carboxylic acids is 2. The highest BCUT2D eigenvalue weighted by Gasteiger charge is 2.30. The lowest BCUT2D eigenvalue weighted by Crippen LogP contribution is -2.40. The molecule has 0 radical (unpaired) electrons. The van der Waals surface area contributed by atoms with Crippen LogP contribution in [0.5, 0.6) is 0 Å². The maximum absolute atomic E-state index is 13.3. The van der Waals surface area contributed by atoms with Crippen LogP contribution in [-0.2, 0) is 29.0 Å². The standard InChI is InChI=1S/C25H29N5O3/c1-2-23(31)28-13-11-19-18(16-28)25(33)30-22(26-19)15-20(27-30)21-10-6-7-12-29(21)24(32)14-17-8-4-3-5-9-17/h3-5,8-9,15,21,27H,2,6-7,10-14,16H2,1H3/t21-/m1/s1. The summed E-state index contributed by atoms with van der Waals surface area (Å²) in [6, 6.07) is 11.6. The highest BCUT2D eigenvalue weighted by Crippen LogP contribution is 2.31. The number of aromatic nitrogens is 3. The Hall–Kier alpha value is -3.42. The van der Waals surface area contributed by atoms with Gasteiger partial charge in [0.15, 0.2) is 5.65 Å². The Morgan fingerprint density at radius 1 is 1.12 bits per heavy atom. The molecule has 1 saturated heterocycles. The summed E-state index contributed by atoms with van der Waals surface area (Å²) in [5.74, 6) is 0.143. The second-order valence-electron chi connectivity index (χ2n) is 8.93. The van der Waals surface area contributed by atoms with Crippen molar-refractivity contribution in [2.24, 2.45) is 0 Å². The molecule has 5 rings (SSSR count).